The second-order valence-corrected chi connectivity index (χ2v) is 4.67. The smallest absolute Gasteiger partial charge is 0.235 e. The molecular weight excluding hydrogens is 234 g/mol. The van der Waals surface area contributed by atoms with E-state index in [2.05, 4.69) is 4.99 Å². The van der Waals surface area contributed by atoms with Crippen molar-refractivity contribution in [1.29, 1.82) is 0 Å². The minimum atomic E-state index is -0.613. The van der Waals surface area contributed by atoms with E-state index in [9.17, 15) is 9.90 Å². The summed E-state index contributed by atoms with van der Waals surface area (Å²) in [4.78, 5) is 14.7. The Morgan fingerprint density at radius 1 is 1.28 bits per heavy atom. The third-order valence-electron chi connectivity index (χ3n) is 3.65. The van der Waals surface area contributed by atoms with Gasteiger partial charge in [-0.15, -0.1) is 0 Å². The molecule has 18 heavy (non-hydrogen) atoms. The Labute approximate surface area is 104 Å². The molecule has 1 aromatic rings. The minimum absolute atomic E-state index is 0.0987. The molecule has 1 aliphatic carbocycles. The second kappa shape index (κ2) is 4.03. The quantitative estimate of drug-likeness (QED) is 0.642. The van der Waals surface area contributed by atoms with Crippen molar-refractivity contribution in [2.75, 3.05) is 6.79 Å². The maximum absolute atomic E-state index is 10.7. The lowest BCUT2D eigenvalue weighted by Crippen LogP contribution is -2.19. The predicted molar refractivity (Wildman–Crippen MR) is 62.5 cm³/mol. The first-order valence-electron chi connectivity index (χ1n) is 5.97. The molecule has 5 heteroatoms. The Morgan fingerprint density at radius 3 is 2.78 bits per heavy atom. The molecule has 1 N–H and O–H groups in total. The first-order valence-corrected chi connectivity index (χ1v) is 5.97. The average molecular weight is 247 g/mol. The summed E-state index contributed by atoms with van der Waals surface area (Å²) in [6, 6.07) is 3.12. The molecule has 0 radical (unpaired) electrons. The van der Waals surface area contributed by atoms with Gasteiger partial charge < -0.3 is 14.6 Å². The highest BCUT2D eigenvalue weighted by atomic mass is 16.7. The molecule has 0 saturated heterocycles. The predicted octanol–water partition coefficient (Wildman–Crippen LogP) is 2.23. The Kier molecular flexibility index (Phi) is 2.49. The molecule has 0 aromatic heterocycles. The Hall–Kier alpha value is -2.00. The van der Waals surface area contributed by atoms with Crippen LogP contribution in [0.3, 0.4) is 0 Å². The summed E-state index contributed by atoms with van der Waals surface area (Å²) < 4.78 is 10.7. The van der Waals surface area contributed by atoms with E-state index in [0.29, 0.717) is 11.5 Å². The number of fused-ring (bicyclic) bond motifs is 1. The lowest BCUT2D eigenvalue weighted by Gasteiger charge is -2.24. The van der Waals surface area contributed by atoms with Crippen molar-refractivity contribution in [3.05, 3.63) is 17.7 Å². The lowest BCUT2D eigenvalue weighted by molar-refractivity contribution is 0.172. The maximum Gasteiger partial charge on any atom is 0.235 e. The van der Waals surface area contributed by atoms with Crippen molar-refractivity contribution in [2.24, 2.45) is 4.99 Å². The summed E-state index contributed by atoms with van der Waals surface area (Å²) in [6.45, 7) is 0.132. The summed E-state index contributed by atoms with van der Waals surface area (Å²) in [5, 5.41) is 9.74. The number of carbonyl (C=O) groups excluding carboxylic acids is 1. The third kappa shape index (κ3) is 1.56. The van der Waals surface area contributed by atoms with Crippen LogP contribution in [0.25, 0.3) is 0 Å². The van der Waals surface area contributed by atoms with Gasteiger partial charge in [-0.1, -0.05) is 12.8 Å². The van der Waals surface area contributed by atoms with E-state index in [0.717, 1.165) is 31.2 Å². The van der Waals surface area contributed by atoms with Gasteiger partial charge in [0.2, 0.25) is 12.9 Å². The summed E-state index contributed by atoms with van der Waals surface area (Å²) in [7, 11) is 0. The van der Waals surface area contributed by atoms with E-state index < -0.39 is 5.54 Å². The molecule has 2 aliphatic rings. The molecule has 1 heterocycles. The van der Waals surface area contributed by atoms with Gasteiger partial charge in [0, 0.05) is 11.6 Å². The molecule has 1 fully saturated rings. The molecule has 1 aromatic carbocycles. The van der Waals surface area contributed by atoms with Crippen LogP contribution in [0.2, 0.25) is 0 Å². The summed E-state index contributed by atoms with van der Waals surface area (Å²) in [6.07, 6.45) is 5.18. The fourth-order valence-electron chi connectivity index (χ4n) is 2.83. The number of phenols is 1. The zero-order valence-corrected chi connectivity index (χ0v) is 9.81. The fraction of sp³-hybridized carbons (Fsp3) is 0.462. The maximum atomic E-state index is 10.7. The van der Waals surface area contributed by atoms with Crippen LogP contribution < -0.4 is 9.47 Å². The number of ether oxygens (including phenoxy) is 2. The fourth-order valence-corrected chi connectivity index (χ4v) is 2.83. The van der Waals surface area contributed by atoms with Crippen molar-refractivity contribution in [2.45, 2.75) is 31.2 Å². The summed E-state index contributed by atoms with van der Waals surface area (Å²) in [5.41, 5.74) is 0.119. The summed E-state index contributed by atoms with van der Waals surface area (Å²) in [5.74, 6) is 1.20. The van der Waals surface area contributed by atoms with E-state index in [1.165, 1.54) is 6.07 Å². The van der Waals surface area contributed by atoms with Crippen molar-refractivity contribution in [3.63, 3.8) is 0 Å². The first-order chi connectivity index (χ1) is 8.75. The number of hydrogen-bond donors (Lipinski definition) is 1. The molecule has 94 valence electrons. The second-order valence-electron chi connectivity index (χ2n) is 4.67. The Morgan fingerprint density at radius 2 is 2.06 bits per heavy atom. The van der Waals surface area contributed by atoms with E-state index in [1.54, 1.807) is 12.1 Å². The van der Waals surface area contributed by atoms with Gasteiger partial charge in [0.1, 0.15) is 11.3 Å². The van der Waals surface area contributed by atoms with E-state index in [1.807, 2.05) is 0 Å². The van der Waals surface area contributed by atoms with Gasteiger partial charge in [0.15, 0.2) is 11.5 Å². The van der Waals surface area contributed by atoms with E-state index in [4.69, 9.17) is 9.47 Å². The van der Waals surface area contributed by atoms with Crippen LogP contribution in [-0.4, -0.2) is 18.0 Å². The van der Waals surface area contributed by atoms with E-state index >= 15 is 0 Å². The van der Waals surface area contributed by atoms with E-state index in [-0.39, 0.29) is 12.5 Å². The monoisotopic (exact) mass is 247 g/mol. The number of phenolic OH excluding ortho intramolecular Hbond substituents is 1. The molecule has 0 amide bonds. The van der Waals surface area contributed by atoms with Gasteiger partial charge in [-0.3, -0.25) is 0 Å². The SMILES string of the molecule is O=C=NC1(c2cc(O)cc3c2OCO3)CCCC1. The topological polar surface area (TPSA) is 68.1 Å². The standard InChI is InChI=1S/C13H13NO4/c15-7-14-13(3-1-2-4-13)10-5-9(16)6-11-12(10)18-8-17-11/h5-6,16H,1-4,8H2. The minimum Gasteiger partial charge on any atom is -0.508 e. The Bertz CT molecular complexity index is 528. The number of benzene rings is 1. The van der Waals surface area contributed by atoms with Gasteiger partial charge in [-0.2, -0.15) is 4.99 Å². The van der Waals surface area contributed by atoms with Crippen LogP contribution >= 0.6 is 0 Å². The highest BCUT2D eigenvalue weighted by Crippen LogP contribution is 2.51. The number of aromatic hydroxyl groups is 1. The van der Waals surface area contributed by atoms with Gasteiger partial charge in [0.25, 0.3) is 0 Å². The number of hydrogen-bond acceptors (Lipinski definition) is 5. The zero-order valence-electron chi connectivity index (χ0n) is 9.81. The van der Waals surface area contributed by atoms with Crippen LogP contribution in [0, 0.1) is 0 Å². The number of nitrogens with zero attached hydrogens (tertiary/aromatic N) is 1. The number of isocyanates is 1. The van der Waals surface area contributed by atoms with Crippen LogP contribution in [0.1, 0.15) is 31.2 Å². The molecule has 0 spiro atoms. The van der Waals surface area contributed by atoms with Crippen LogP contribution in [0.4, 0.5) is 0 Å². The van der Waals surface area contributed by atoms with Crippen molar-refractivity contribution < 1.29 is 19.4 Å². The number of rotatable bonds is 2. The summed E-state index contributed by atoms with van der Waals surface area (Å²) >= 11 is 0. The van der Waals surface area contributed by atoms with Crippen molar-refractivity contribution >= 4 is 6.08 Å². The molecule has 3 rings (SSSR count). The van der Waals surface area contributed by atoms with Crippen LogP contribution in [0.15, 0.2) is 17.1 Å². The first kappa shape index (κ1) is 11.1. The largest absolute Gasteiger partial charge is 0.508 e. The van der Waals surface area contributed by atoms with Crippen LogP contribution in [0.5, 0.6) is 17.2 Å². The molecular formula is C13H13NO4. The highest BCUT2D eigenvalue weighted by Gasteiger charge is 2.40. The molecule has 5 nitrogen and oxygen atoms in total. The molecule has 1 saturated carbocycles. The molecule has 1 aliphatic heterocycles. The van der Waals surface area contributed by atoms with Gasteiger partial charge in [0.05, 0.1) is 0 Å². The average Bonchev–Trinajstić information content (AvgIpc) is 2.97. The third-order valence-corrected chi connectivity index (χ3v) is 3.65. The molecule has 0 bridgehead atoms. The van der Waals surface area contributed by atoms with Gasteiger partial charge in [-0.05, 0) is 18.9 Å². The van der Waals surface area contributed by atoms with Crippen molar-refractivity contribution in [3.8, 4) is 17.2 Å². The lowest BCUT2D eigenvalue weighted by atomic mass is 9.87. The normalized spacial score (nSPS) is 19.6. The Balaban J connectivity index is 2.18. The van der Waals surface area contributed by atoms with Crippen LogP contribution in [-0.2, 0) is 10.3 Å². The van der Waals surface area contributed by atoms with Crippen molar-refractivity contribution in [1.82, 2.24) is 0 Å². The molecule has 0 unspecified atom stereocenters. The highest BCUT2D eigenvalue weighted by molar-refractivity contribution is 5.56. The van der Waals surface area contributed by atoms with Gasteiger partial charge >= 0.3 is 0 Å². The number of aliphatic imine (C=N–C) groups is 1. The zero-order chi connectivity index (χ0) is 12.6. The van der Waals surface area contributed by atoms with Gasteiger partial charge in [-0.25, -0.2) is 4.79 Å². The molecule has 0 atom stereocenters.